The first-order valence-electron chi connectivity index (χ1n) is 11.3. The van der Waals surface area contributed by atoms with Crippen LogP contribution in [0.4, 0.5) is 0 Å². The lowest BCUT2D eigenvalue weighted by molar-refractivity contribution is -0.121. The van der Waals surface area contributed by atoms with E-state index in [0.717, 1.165) is 62.3 Å². The van der Waals surface area contributed by atoms with Gasteiger partial charge in [-0.15, -0.1) is 10.2 Å². The lowest BCUT2D eigenvalue weighted by Gasteiger charge is -2.25. The Balaban J connectivity index is 1.31. The number of fused-ring (bicyclic) bond motifs is 1. The zero-order valence-electron chi connectivity index (χ0n) is 18.1. The van der Waals surface area contributed by atoms with E-state index in [0.29, 0.717) is 30.8 Å². The Labute approximate surface area is 184 Å². The third-order valence-corrected chi connectivity index (χ3v) is 8.08. The van der Waals surface area contributed by atoms with Crippen molar-refractivity contribution in [2.75, 3.05) is 13.1 Å². The minimum atomic E-state index is -3.42. The summed E-state index contributed by atoms with van der Waals surface area (Å²) in [5.74, 6) is 1.77. The van der Waals surface area contributed by atoms with Crippen molar-refractivity contribution in [3.63, 3.8) is 0 Å². The van der Waals surface area contributed by atoms with Crippen LogP contribution in [0.5, 0.6) is 0 Å². The van der Waals surface area contributed by atoms with Crippen LogP contribution in [0.3, 0.4) is 0 Å². The first kappa shape index (κ1) is 22.0. The molecule has 1 amide bonds. The van der Waals surface area contributed by atoms with E-state index in [9.17, 15) is 13.2 Å². The summed E-state index contributed by atoms with van der Waals surface area (Å²) < 4.78 is 29.2. The predicted molar refractivity (Wildman–Crippen MR) is 117 cm³/mol. The zero-order valence-corrected chi connectivity index (χ0v) is 18.9. The highest BCUT2D eigenvalue weighted by Crippen LogP contribution is 2.22. The number of aryl methyl sites for hydroxylation is 2. The normalized spacial score (nSPS) is 18.4. The number of piperidine rings is 1. The van der Waals surface area contributed by atoms with Gasteiger partial charge in [0.05, 0.1) is 10.9 Å². The van der Waals surface area contributed by atoms with E-state index in [1.807, 2.05) is 19.1 Å². The molecule has 1 N–H and O–H groups in total. The van der Waals surface area contributed by atoms with E-state index in [1.165, 1.54) is 0 Å². The third-order valence-electron chi connectivity index (χ3n) is 6.17. The van der Waals surface area contributed by atoms with Crippen molar-refractivity contribution in [3.8, 4) is 0 Å². The zero-order chi connectivity index (χ0) is 21.8. The highest BCUT2D eigenvalue weighted by atomic mass is 32.2. The minimum Gasteiger partial charge on any atom is -0.346 e. The van der Waals surface area contributed by atoms with Crippen LogP contribution in [-0.2, 0) is 34.2 Å². The second-order valence-corrected chi connectivity index (χ2v) is 10.4. The number of sulfonamides is 1. The van der Waals surface area contributed by atoms with E-state index < -0.39 is 10.0 Å². The molecule has 9 heteroatoms. The first-order chi connectivity index (χ1) is 14.9. The lowest BCUT2D eigenvalue weighted by Crippen LogP contribution is -2.35. The minimum absolute atomic E-state index is 0.0503. The van der Waals surface area contributed by atoms with E-state index in [4.69, 9.17) is 0 Å². The number of amides is 1. The molecule has 0 bridgehead atoms. The summed E-state index contributed by atoms with van der Waals surface area (Å²) in [6.45, 7) is 4.03. The molecule has 0 aliphatic carbocycles. The maximum Gasteiger partial charge on any atom is 0.243 e. The van der Waals surface area contributed by atoms with Gasteiger partial charge in [-0.2, -0.15) is 4.31 Å². The molecule has 1 atom stereocenters. The maximum absolute atomic E-state index is 12.7. The largest absolute Gasteiger partial charge is 0.346 e. The van der Waals surface area contributed by atoms with E-state index in [-0.39, 0.29) is 11.9 Å². The molecular formula is C22H31N5O3S. The number of hydrogen-bond acceptors (Lipinski definition) is 5. The molecule has 3 heterocycles. The van der Waals surface area contributed by atoms with Crippen molar-refractivity contribution in [3.05, 3.63) is 41.5 Å². The molecule has 4 rings (SSSR count). The van der Waals surface area contributed by atoms with E-state index in [2.05, 4.69) is 20.1 Å². The molecule has 0 spiro atoms. The van der Waals surface area contributed by atoms with Crippen LogP contribution >= 0.6 is 0 Å². The summed E-state index contributed by atoms with van der Waals surface area (Å²) >= 11 is 0. The van der Waals surface area contributed by atoms with Crippen LogP contribution in [0.1, 0.15) is 68.7 Å². The molecule has 31 heavy (non-hydrogen) atoms. The van der Waals surface area contributed by atoms with Crippen molar-refractivity contribution in [2.24, 2.45) is 0 Å². The van der Waals surface area contributed by atoms with Gasteiger partial charge < -0.3 is 9.88 Å². The number of carbonyl (C=O) groups is 1. The van der Waals surface area contributed by atoms with Gasteiger partial charge in [-0.3, -0.25) is 4.79 Å². The molecule has 1 aromatic heterocycles. The molecule has 0 radical (unpaired) electrons. The van der Waals surface area contributed by atoms with Gasteiger partial charge in [0.1, 0.15) is 5.82 Å². The summed E-state index contributed by atoms with van der Waals surface area (Å²) in [6, 6.07) is 6.74. The van der Waals surface area contributed by atoms with Crippen LogP contribution in [0, 0.1) is 0 Å². The van der Waals surface area contributed by atoms with Crippen LogP contribution in [0.15, 0.2) is 29.2 Å². The fourth-order valence-corrected chi connectivity index (χ4v) is 5.89. The van der Waals surface area contributed by atoms with Crippen molar-refractivity contribution in [2.45, 2.75) is 75.8 Å². The predicted octanol–water partition coefficient (Wildman–Crippen LogP) is 2.60. The van der Waals surface area contributed by atoms with Crippen LogP contribution in [0.2, 0.25) is 0 Å². The SMILES string of the molecule is C[C@@H](NC(=O)CCc1ccc(S(=O)(=O)N2CCCCC2)cc1)c1nnc2n1CCCC2. The molecule has 1 fully saturated rings. The molecule has 2 aliphatic heterocycles. The van der Waals surface area contributed by atoms with E-state index >= 15 is 0 Å². The van der Waals surface area contributed by atoms with Crippen molar-refractivity contribution in [1.29, 1.82) is 0 Å². The molecule has 0 unspecified atom stereocenters. The Morgan fingerprint density at radius 2 is 1.74 bits per heavy atom. The van der Waals surface area contributed by atoms with E-state index in [1.54, 1.807) is 16.4 Å². The van der Waals surface area contributed by atoms with Gasteiger partial charge in [0.25, 0.3) is 0 Å². The number of carbonyl (C=O) groups excluding carboxylic acids is 1. The number of aromatic nitrogens is 3. The van der Waals surface area contributed by atoms with Crippen LogP contribution in [0.25, 0.3) is 0 Å². The number of benzene rings is 1. The highest BCUT2D eigenvalue weighted by molar-refractivity contribution is 7.89. The fourth-order valence-electron chi connectivity index (χ4n) is 4.37. The average Bonchev–Trinajstić information content (AvgIpc) is 3.23. The van der Waals surface area contributed by atoms with Gasteiger partial charge in [0, 0.05) is 32.5 Å². The Kier molecular flexibility index (Phi) is 6.71. The first-order valence-corrected chi connectivity index (χ1v) is 12.7. The number of nitrogens with one attached hydrogen (secondary N) is 1. The molecule has 2 aromatic rings. The summed E-state index contributed by atoms with van der Waals surface area (Å²) in [6.07, 6.45) is 7.01. The number of rotatable bonds is 7. The quantitative estimate of drug-likeness (QED) is 0.707. The van der Waals surface area contributed by atoms with Gasteiger partial charge in [-0.25, -0.2) is 8.42 Å². The Hall–Kier alpha value is -2.26. The second kappa shape index (κ2) is 9.48. The van der Waals surface area contributed by atoms with Gasteiger partial charge in [-0.05, 0) is 56.7 Å². The Morgan fingerprint density at radius 1 is 1.03 bits per heavy atom. The molecule has 1 aromatic carbocycles. The average molecular weight is 446 g/mol. The standard InChI is InChI=1S/C22H31N5O3S/c1-17(22-25-24-20-7-3-6-16-27(20)22)23-21(28)13-10-18-8-11-19(12-9-18)31(29,30)26-14-4-2-5-15-26/h8-9,11-12,17H,2-7,10,13-16H2,1H3,(H,23,28)/t17-/m1/s1. The molecule has 2 aliphatic rings. The smallest absolute Gasteiger partial charge is 0.243 e. The number of nitrogens with zero attached hydrogens (tertiary/aromatic N) is 4. The number of hydrogen-bond donors (Lipinski definition) is 1. The van der Waals surface area contributed by atoms with Crippen molar-refractivity contribution in [1.82, 2.24) is 24.4 Å². The van der Waals surface area contributed by atoms with Gasteiger partial charge in [-0.1, -0.05) is 18.6 Å². The summed E-state index contributed by atoms with van der Waals surface area (Å²) in [5.41, 5.74) is 0.945. The van der Waals surface area contributed by atoms with Crippen LogP contribution in [-0.4, -0.2) is 46.5 Å². The lowest BCUT2D eigenvalue weighted by atomic mass is 10.1. The molecule has 8 nitrogen and oxygen atoms in total. The Morgan fingerprint density at radius 3 is 2.48 bits per heavy atom. The van der Waals surface area contributed by atoms with Gasteiger partial charge in [0.15, 0.2) is 5.82 Å². The summed E-state index contributed by atoms with van der Waals surface area (Å²) in [7, 11) is -3.42. The van der Waals surface area contributed by atoms with Crippen molar-refractivity contribution < 1.29 is 13.2 Å². The summed E-state index contributed by atoms with van der Waals surface area (Å²) in [5, 5.41) is 11.5. The van der Waals surface area contributed by atoms with Gasteiger partial charge in [0.2, 0.25) is 15.9 Å². The molecule has 168 valence electrons. The van der Waals surface area contributed by atoms with Crippen LogP contribution < -0.4 is 5.32 Å². The van der Waals surface area contributed by atoms with Gasteiger partial charge >= 0.3 is 0 Å². The summed E-state index contributed by atoms with van der Waals surface area (Å²) in [4.78, 5) is 12.8. The fraction of sp³-hybridized carbons (Fsp3) is 0.591. The molecular weight excluding hydrogens is 414 g/mol. The third kappa shape index (κ3) is 4.98. The maximum atomic E-state index is 12.7. The van der Waals surface area contributed by atoms with Crippen molar-refractivity contribution >= 4 is 15.9 Å². The molecule has 1 saturated heterocycles. The monoisotopic (exact) mass is 445 g/mol. The Bertz CT molecular complexity index is 1010. The molecule has 0 saturated carbocycles. The highest BCUT2D eigenvalue weighted by Gasteiger charge is 2.26. The second-order valence-electron chi connectivity index (χ2n) is 8.48. The topological polar surface area (TPSA) is 97.2 Å².